The van der Waals surface area contributed by atoms with E-state index in [1.807, 2.05) is 18.2 Å². The second kappa shape index (κ2) is 9.19. The van der Waals surface area contributed by atoms with Crippen molar-refractivity contribution in [1.82, 2.24) is 5.32 Å². The van der Waals surface area contributed by atoms with Crippen molar-refractivity contribution < 1.29 is 13.9 Å². The highest BCUT2D eigenvalue weighted by atomic mass is 19.1. The molecule has 0 fully saturated rings. The highest BCUT2D eigenvalue weighted by Crippen LogP contribution is 2.21. The van der Waals surface area contributed by atoms with Crippen molar-refractivity contribution in [3.05, 3.63) is 89.7 Å². The van der Waals surface area contributed by atoms with E-state index in [0.717, 1.165) is 11.3 Å². The van der Waals surface area contributed by atoms with E-state index >= 15 is 0 Å². The topological polar surface area (TPSA) is 74.2 Å². The maximum Gasteiger partial charge on any atom is 0.239 e. The van der Waals surface area contributed by atoms with Crippen molar-refractivity contribution in [2.24, 2.45) is 0 Å². The molecule has 0 atom stereocenters. The first-order valence-electron chi connectivity index (χ1n) is 8.65. The van der Waals surface area contributed by atoms with E-state index < -0.39 is 0 Å². The summed E-state index contributed by atoms with van der Waals surface area (Å²) in [7, 11) is 0. The lowest BCUT2D eigenvalue weighted by Gasteiger charge is -2.09. The fraction of sp³-hybridized carbons (Fsp3) is 0.0909. The van der Waals surface area contributed by atoms with Gasteiger partial charge in [-0.15, -0.1) is 0 Å². The lowest BCUT2D eigenvalue weighted by molar-refractivity contribution is -0.119. The van der Waals surface area contributed by atoms with Crippen LogP contribution in [0.15, 0.2) is 72.8 Å². The Balaban J connectivity index is 1.44. The predicted molar refractivity (Wildman–Crippen MR) is 104 cm³/mol. The molecule has 0 aliphatic heterocycles. The van der Waals surface area contributed by atoms with Crippen molar-refractivity contribution in [3.63, 3.8) is 0 Å². The summed E-state index contributed by atoms with van der Waals surface area (Å²) in [5.74, 6) is 0.726. The Morgan fingerprint density at radius 2 is 1.54 bits per heavy atom. The summed E-state index contributed by atoms with van der Waals surface area (Å²) in [4.78, 5) is 12.0. The van der Waals surface area contributed by atoms with E-state index in [2.05, 4.69) is 10.6 Å². The quantitative estimate of drug-likeness (QED) is 0.648. The van der Waals surface area contributed by atoms with Crippen molar-refractivity contribution in [2.45, 2.75) is 6.54 Å². The smallest absolute Gasteiger partial charge is 0.239 e. The van der Waals surface area contributed by atoms with Crippen LogP contribution in [0.5, 0.6) is 11.5 Å². The zero-order valence-corrected chi connectivity index (χ0v) is 15.0. The number of rotatable bonds is 7. The molecule has 1 amide bonds. The van der Waals surface area contributed by atoms with Gasteiger partial charge in [0.25, 0.3) is 0 Å². The zero-order valence-electron chi connectivity index (χ0n) is 15.0. The third-order valence-corrected chi connectivity index (χ3v) is 3.93. The molecule has 0 spiro atoms. The number of hydrogen-bond acceptors (Lipinski definition) is 4. The van der Waals surface area contributed by atoms with Crippen molar-refractivity contribution >= 4 is 11.6 Å². The average molecular weight is 375 g/mol. The summed E-state index contributed by atoms with van der Waals surface area (Å²) in [5, 5.41) is 14.6. The first kappa shape index (κ1) is 18.9. The summed E-state index contributed by atoms with van der Waals surface area (Å²) in [6.45, 7) is 0.530. The van der Waals surface area contributed by atoms with Gasteiger partial charge in [0.1, 0.15) is 17.3 Å². The number of nitrogens with zero attached hydrogens (tertiary/aromatic N) is 1. The molecule has 140 valence electrons. The predicted octanol–water partition coefficient (Wildman–Crippen LogP) is 4.22. The monoisotopic (exact) mass is 375 g/mol. The molecule has 0 radical (unpaired) electrons. The molecule has 0 bridgehead atoms. The Kier molecular flexibility index (Phi) is 6.21. The van der Waals surface area contributed by atoms with E-state index in [1.165, 1.54) is 12.1 Å². The van der Waals surface area contributed by atoms with E-state index in [9.17, 15) is 9.18 Å². The molecule has 3 rings (SSSR count). The van der Waals surface area contributed by atoms with Gasteiger partial charge in [-0.2, -0.15) is 5.26 Å². The number of benzene rings is 3. The summed E-state index contributed by atoms with van der Waals surface area (Å²) in [5.41, 5.74) is 2.27. The summed E-state index contributed by atoms with van der Waals surface area (Å²) in [6.07, 6.45) is 0. The van der Waals surface area contributed by atoms with Gasteiger partial charge in [0, 0.05) is 12.2 Å². The van der Waals surface area contributed by atoms with Crippen LogP contribution in [0.25, 0.3) is 0 Å². The van der Waals surface area contributed by atoms with Crippen LogP contribution in [-0.4, -0.2) is 12.5 Å². The first-order valence-corrected chi connectivity index (χ1v) is 8.65. The third kappa shape index (κ3) is 5.58. The lowest BCUT2D eigenvalue weighted by Crippen LogP contribution is -2.29. The van der Waals surface area contributed by atoms with Crippen LogP contribution in [0, 0.1) is 17.1 Å². The van der Waals surface area contributed by atoms with Crippen LogP contribution in [0.4, 0.5) is 10.1 Å². The second-order valence-corrected chi connectivity index (χ2v) is 6.02. The fourth-order valence-corrected chi connectivity index (χ4v) is 2.42. The molecule has 28 heavy (non-hydrogen) atoms. The number of ether oxygens (including phenoxy) is 1. The van der Waals surface area contributed by atoms with Gasteiger partial charge in [-0.3, -0.25) is 4.79 Å². The van der Waals surface area contributed by atoms with Gasteiger partial charge in [-0.1, -0.05) is 12.1 Å². The maximum atomic E-state index is 12.9. The number of anilines is 1. The van der Waals surface area contributed by atoms with E-state index in [1.54, 1.807) is 48.5 Å². The summed E-state index contributed by atoms with van der Waals surface area (Å²) in [6, 6.07) is 22.0. The molecule has 5 nitrogen and oxygen atoms in total. The van der Waals surface area contributed by atoms with E-state index in [0.29, 0.717) is 23.6 Å². The molecule has 0 saturated heterocycles. The number of nitriles is 1. The molecule has 6 heteroatoms. The van der Waals surface area contributed by atoms with Crippen LogP contribution >= 0.6 is 0 Å². The molecular weight excluding hydrogens is 357 g/mol. The summed E-state index contributed by atoms with van der Waals surface area (Å²) < 4.78 is 18.5. The van der Waals surface area contributed by atoms with Gasteiger partial charge in [-0.05, 0) is 66.2 Å². The van der Waals surface area contributed by atoms with Gasteiger partial charge >= 0.3 is 0 Å². The second-order valence-electron chi connectivity index (χ2n) is 6.02. The Morgan fingerprint density at radius 3 is 2.14 bits per heavy atom. The molecular formula is C22H18FN3O2. The van der Waals surface area contributed by atoms with Gasteiger partial charge in [-0.25, -0.2) is 4.39 Å². The van der Waals surface area contributed by atoms with Crippen molar-refractivity contribution in [2.75, 3.05) is 11.9 Å². The molecule has 0 aromatic heterocycles. The van der Waals surface area contributed by atoms with Crippen molar-refractivity contribution in [3.8, 4) is 17.6 Å². The molecule has 0 unspecified atom stereocenters. The number of carbonyl (C=O) groups is 1. The molecule has 3 aromatic rings. The van der Waals surface area contributed by atoms with Crippen molar-refractivity contribution in [1.29, 1.82) is 5.26 Å². The Bertz CT molecular complexity index is 963. The maximum absolute atomic E-state index is 12.9. The summed E-state index contributed by atoms with van der Waals surface area (Å²) >= 11 is 0. The highest BCUT2D eigenvalue weighted by molar-refractivity contribution is 5.80. The van der Waals surface area contributed by atoms with E-state index in [4.69, 9.17) is 10.00 Å². The Morgan fingerprint density at radius 1 is 0.929 bits per heavy atom. The zero-order chi connectivity index (χ0) is 19.8. The highest BCUT2D eigenvalue weighted by Gasteiger charge is 2.03. The number of amides is 1. The van der Waals surface area contributed by atoms with Gasteiger partial charge in [0.15, 0.2) is 0 Å². The van der Waals surface area contributed by atoms with Crippen LogP contribution in [0.2, 0.25) is 0 Å². The fourth-order valence-electron chi connectivity index (χ4n) is 2.42. The van der Waals surface area contributed by atoms with Gasteiger partial charge < -0.3 is 15.4 Å². The van der Waals surface area contributed by atoms with Crippen LogP contribution in [-0.2, 0) is 11.3 Å². The van der Waals surface area contributed by atoms with E-state index in [-0.39, 0.29) is 18.3 Å². The normalized spacial score (nSPS) is 10.0. The number of hydrogen-bond donors (Lipinski definition) is 2. The van der Waals surface area contributed by atoms with Crippen LogP contribution in [0.3, 0.4) is 0 Å². The molecule has 0 saturated carbocycles. The van der Waals surface area contributed by atoms with Crippen LogP contribution in [0.1, 0.15) is 11.1 Å². The molecule has 2 N–H and O–H groups in total. The molecule has 0 heterocycles. The standard InChI is InChI=1S/C22H18FN3O2/c23-18-5-11-21(12-6-18)28-20-9-3-17(4-10-20)14-26-22(27)15-25-19-7-1-16(13-24)2-8-19/h1-12,25H,14-15H2,(H,26,27). The molecule has 0 aliphatic carbocycles. The third-order valence-electron chi connectivity index (χ3n) is 3.93. The SMILES string of the molecule is N#Cc1ccc(NCC(=O)NCc2ccc(Oc3ccc(F)cc3)cc2)cc1. The van der Waals surface area contributed by atoms with Gasteiger partial charge in [0.05, 0.1) is 18.2 Å². The number of halogens is 1. The molecule has 0 aliphatic rings. The molecule has 3 aromatic carbocycles. The first-order chi connectivity index (χ1) is 13.6. The van der Waals surface area contributed by atoms with Gasteiger partial charge in [0.2, 0.25) is 5.91 Å². The number of carbonyl (C=O) groups excluding carboxylic acids is 1. The minimum absolute atomic E-state index is 0.137. The average Bonchev–Trinajstić information content (AvgIpc) is 2.74. The minimum atomic E-state index is -0.313. The number of nitrogens with one attached hydrogen (secondary N) is 2. The van der Waals surface area contributed by atoms with Crippen LogP contribution < -0.4 is 15.4 Å². The minimum Gasteiger partial charge on any atom is -0.457 e. The Labute approximate surface area is 162 Å². The lowest BCUT2D eigenvalue weighted by atomic mass is 10.2. The largest absolute Gasteiger partial charge is 0.457 e. The Hall–Kier alpha value is -3.85.